The fourth-order valence-corrected chi connectivity index (χ4v) is 3.53. The molecular weight excluding hydrogens is 349 g/mol. The van der Waals surface area contributed by atoms with Crippen molar-refractivity contribution in [3.8, 4) is 0 Å². The highest BCUT2D eigenvalue weighted by molar-refractivity contribution is 5.73. The number of hydrogen-bond donors (Lipinski definition) is 1. The number of hydrazine groups is 2. The highest BCUT2D eigenvalue weighted by Gasteiger charge is 2.35. The summed E-state index contributed by atoms with van der Waals surface area (Å²) in [6.07, 6.45) is 9.05. The summed E-state index contributed by atoms with van der Waals surface area (Å²) in [5.41, 5.74) is 6.55. The van der Waals surface area contributed by atoms with Crippen LogP contribution in [0.3, 0.4) is 0 Å². The Morgan fingerprint density at radius 2 is 2.26 bits per heavy atom. The molecule has 1 N–H and O–H groups in total. The molecule has 0 saturated heterocycles. The summed E-state index contributed by atoms with van der Waals surface area (Å²) in [6, 6.07) is 0.0418. The van der Waals surface area contributed by atoms with E-state index in [0.29, 0.717) is 6.61 Å². The number of carbonyl (C=O) groups excluding carboxylic acids is 1. The molecule has 1 aliphatic carbocycles. The maximum Gasteiger partial charge on any atom is 0.310 e. The van der Waals surface area contributed by atoms with Crippen LogP contribution in [0.25, 0.3) is 0 Å². The lowest BCUT2D eigenvalue weighted by Crippen LogP contribution is -2.45. The van der Waals surface area contributed by atoms with Gasteiger partial charge in [-0.15, -0.1) is 5.12 Å². The highest BCUT2D eigenvalue weighted by Crippen LogP contribution is 2.31. The average molecular weight is 377 g/mol. The van der Waals surface area contributed by atoms with Crippen LogP contribution < -0.4 is 5.43 Å². The number of allylic oxidation sites excluding steroid dienone is 3. The van der Waals surface area contributed by atoms with Crippen molar-refractivity contribution >= 4 is 5.97 Å². The molecule has 2 unspecified atom stereocenters. The molecule has 3 rings (SSSR count). The normalized spacial score (nSPS) is 23.0. The van der Waals surface area contributed by atoms with Crippen LogP contribution in [0.15, 0.2) is 47.0 Å². The van der Waals surface area contributed by atoms with Gasteiger partial charge >= 0.3 is 5.97 Å². The summed E-state index contributed by atoms with van der Waals surface area (Å²) in [5.74, 6) is 0.674. The zero-order chi connectivity index (χ0) is 19.4. The van der Waals surface area contributed by atoms with Crippen molar-refractivity contribution in [2.24, 2.45) is 0 Å². The van der Waals surface area contributed by atoms with Gasteiger partial charge in [-0.05, 0) is 50.0 Å². The Hall–Kier alpha value is -2.28. The number of fused-ring (bicyclic) bond motifs is 1. The maximum atomic E-state index is 13.0. The predicted molar refractivity (Wildman–Crippen MR) is 100 cm³/mol. The second-order valence-electron chi connectivity index (χ2n) is 7.06. The highest BCUT2D eigenvalue weighted by atomic mass is 19.1. The summed E-state index contributed by atoms with van der Waals surface area (Å²) in [7, 11) is 0. The first kappa shape index (κ1) is 19.5. The standard InChI is InChI=1S/C20H28FN3O3/c1-4-26-20(25)10-17-12-23(24-18(17)7-8-22-24)11-16-5-6-19(14(2)9-16)27-13-15(3)21/h7-9,12,15,18,22H,4-6,10-11,13H2,1-3H3. The van der Waals surface area contributed by atoms with Gasteiger partial charge in [0.05, 0.1) is 31.4 Å². The fraction of sp³-hybridized carbons (Fsp3) is 0.550. The lowest BCUT2D eigenvalue weighted by molar-refractivity contribution is -0.142. The third kappa shape index (κ3) is 4.71. The van der Waals surface area contributed by atoms with Crippen LogP contribution in [0.1, 0.15) is 40.0 Å². The number of carbonyl (C=O) groups is 1. The lowest BCUT2D eigenvalue weighted by atomic mass is 9.98. The van der Waals surface area contributed by atoms with Crippen LogP contribution in [0, 0.1) is 0 Å². The van der Waals surface area contributed by atoms with Gasteiger partial charge < -0.3 is 14.9 Å². The van der Waals surface area contributed by atoms with E-state index in [1.807, 2.05) is 37.4 Å². The summed E-state index contributed by atoms with van der Waals surface area (Å²) in [6.45, 7) is 6.54. The number of hydrogen-bond acceptors (Lipinski definition) is 6. The van der Waals surface area contributed by atoms with Gasteiger partial charge in [-0.3, -0.25) is 9.80 Å². The maximum absolute atomic E-state index is 13.0. The molecule has 0 radical (unpaired) electrons. The van der Waals surface area contributed by atoms with E-state index in [2.05, 4.69) is 16.5 Å². The summed E-state index contributed by atoms with van der Waals surface area (Å²) in [4.78, 5) is 11.9. The Morgan fingerprint density at radius 3 is 2.96 bits per heavy atom. The molecule has 2 aliphatic heterocycles. The molecule has 0 aromatic carbocycles. The molecule has 27 heavy (non-hydrogen) atoms. The molecule has 3 aliphatic rings. The van der Waals surface area contributed by atoms with Crippen LogP contribution in [0.4, 0.5) is 4.39 Å². The minimum atomic E-state index is -0.964. The third-order valence-corrected chi connectivity index (χ3v) is 4.76. The van der Waals surface area contributed by atoms with Gasteiger partial charge in [-0.25, -0.2) is 4.39 Å². The number of nitrogens with one attached hydrogen (secondary N) is 1. The molecule has 7 heteroatoms. The van der Waals surface area contributed by atoms with E-state index in [4.69, 9.17) is 9.47 Å². The van der Waals surface area contributed by atoms with Gasteiger partial charge in [0.15, 0.2) is 0 Å². The second kappa shape index (κ2) is 8.61. The second-order valence-corrected chi connectivity index (χ2v) is 7.06. The Balaban J connectivity index is 1.65. The fourth-order valence-electron chi connectivity index (χ4n) is 3.53. The quantitative estimate of drug-likeness (QED) is 0.656. The predicted octanol–water partition coefficient (Wildman–Crippen LogP) is 3.13. The van der Waals surface area contributed by atoms with E-state index in [9.17, 15) is 9.18 Å². The average Bonchev–Trinajstić information content (AvgIpc) is 3.19. The van der Waals surface area contributed by atoms with Crippen molar-refractivity contribution in [3.63, 3.8) is 0 Å². The molecule has 148 valence electrons. The zero-order valence-corrected chi connectivity index (χ0v) is 16.2. The zero-order valence-electron chi connectivity index (χ0n) is 16.2. The Kier molecular flexibility index (Phi) is 6.21. The number of nitrogens with zero attached hydrogens (tertiary/aromatic N) is 2. The van der Waals surface area contributed by atoms with Crippen LogP contribution in [-0.2, 0) is 14.3 Å². The largest absolute Gasteiger partial charge is 0.495 e. The first-order valence-corrected chi connectivity index (χ1v) is 9.48. The van der Waals surface area contributed by atoms with E-state index in [0.717, 1.165) is 36.3 Å². The molecule has 0 amide bonds. The summed E-state index contributed by atoms with van der Waals surface area (Å²) < 4.78 is 23.7. The minimum Gasteiger partial charge on any atom is -0.495 e. The Labute approximate surface area is 159 Å². The lowest BCUT2D eigenvalue weighted by Gasteiger charge is -2.30. The van der Waals surface area contributed by atoms with Gasteiger partial charge in [0.2, 0.25) is 0 Å². The third-order valence-electron chi connectivity index (χ3n) is 4.76. The van der Waals surface area contributed by atoms with Crippen LogP contribution in [0.5, 0.6) is 0 Å². The molecule has 6 nitrogen and oxygen atoms in total. The monoisotopic (exact) mass is 377 g/mol. The van der Waals surface area contributed by atoms with Gasteiger partial charge in [0.1, 0.15) is 12.8 Å². The molecule has 0 aromatic rings. The van der Waals surface area contributed by atoms with E-state index in [1.54, 1.807) is 0 Å². The Morgan fingerprint density at radius 1 is 1.44 bits per heavy atom. The molecule has 2 atom stereocenters. The smallest absolute Gasteiger partial charge is 0.310 e. The number of ether oxygens (including phenoxy) is 2. The van der Waals surface area contributed by atoms with Crippen LogP contribution in [-0.4, -0.2) is 48.1 Å². The summed E-state index contributed by atoms with van der Waals surface area (Å²) >= 11 is 0. The SMILES string of the molecule is CCOC(=O)CC1=CN(CC2=CC(C)=C(OCC(C)F)CC2)N2NC=CC12. The van der Waals surface area contributed by atoms with Crippen molar-refractivity contribution in [1.29, 1.82) is 0 Å². The van der Waals surface area contributed by atoms with Crippen LogP contribution >= 0.6 is 0 Å². The van der Waals surface area contributed by atoms with Gasteiger partial charge in [-0.2, -0.15) is 0 Å². The molecule has 0 bridgehead atoms. The van der Waals surface area contributed by atoms with Crippen molar-refractivity contribution in [3.05, 3.63) is 47.0 Å². The molecule has 0 spiro atoms. The molecule has 0 fully saturated rings. The number of halogens is 1. The van der Waals surface area contributed by atoms with Crippen molar-refractivity contribution in [2.45, 2.75) is 52.2 Å². The number of rotatable bonds is 8. The number of esters is 1. The van der Waals surface area contributed by atoms with E-state index in [1.165, 1.54) is 12.5 Å². The first-order valence-electron chi connectivity index (χ1n) is 9.48. The van der Waals surface area contributed by atoms with Crippen LogP contribution in [0.2, 0.25) is 0 Å². The molecule has 0 saturated carbocycles. The van der Waals surface area contributed by atoms with E-state index in [-0.39, 0.29) is 25.0 Å². The molecule has 2 heterocycles. The van der Waals surface area contributed by atoms with Gasteiger partial charge in [0.25, 0.3) is 0 Å². The minimum absolute atomic E-state index is 0.0418. The van der Waals surface area contributed by atoms with Crippen molar-refractivity contribution < 1.29 is 18.7 Å². The Bertz CT molecular complexity index is 697. The summed E-state index contributed by atoms with van der Waals surface area (Å²) in [5, 5.41) is 4.11. The topological polar surface area (TPSA) is 54.0 Å². The number of alkyl halides is 1. The molecular formula is C20H28FN3O3. The van der Waals surface area contributed by atoms with Crippen molar-refractivity contribution in [1.82, 2.24) is 15.6 Å². The van der Waals surface area contributed by atoms with E-state index < -0.39 is 6.17 Å². The van der Waals surface area contributed by atoms with Crippen molar-refractivity contribution in [2.75, 3.05) is 19.8 Å². The van der Waals surface area contributed by atoms with E-state index >= 15 is 0 Å². The van der Waals surface area contributed by atoms with Gasteiger partial charge in [0, 0.05) is 18.8 Å². The van der Waals surface area contributed by atoms with Gasteiger partial charge in [-0.1, -0.05) is 6.08 Å². The molecule has 0 aromatic heterocycles. The first-order chi connectivity index (χ1) is 13.0.